The van der Waals surface area contributed by atoms with Crippen LogP contribution in [0.5, 0.6) is 0 Å². The highest BCUT2D eigenvalue weighted by molar-refractivity contribution is 5.74. The normalized spacial score (nSPS) is 19.5. The number of carbonyl (C=O) groups is 1. The van der Waals surface area contributed by atoms with E-state index in [0.29, 0.717) is 31.5 Å². The van der Waals surface area contributed by atoms with Crippen LogP contribution >= 0.6 is 0 Å². The lowest BCUT2D eigenvalue weighted by Gasteiger charge is -2.34. The molecule has 21 heavy (non-hydrogen) atoms. The zero-order valence-electron chi connectivity index (χ0n) is 11.5. The van der Waals surface area contributed by atoms with Crippen LogP contribution in [0.2, 0.25) is 0 Å². The van der Waals surface area contributed by atoms with Gasteiger partial charge in [-0.05, 0) is 31.4 Å². The Kier molecular flexibility index (Phi) is 4.61. The van der Waals surface area contributed by atoms with Gasteiger partial charge in [-0.3, -0.25) is 14.7 Å². The summed E-state index contributed by atoms with van der Waals surface area (Å²) >= 11 is 0. The molecule has 7 heteroatoms. The number of piperidine rings is 1. The monoisotopic (exact) mass is 304 g/mol. The number of hydrogen-bond donors (Lipinski definition) is 0. The molecule has 0 spiro atoms. The molecular weight excluding hydrogens is 288 g/mol. The topological polar surface area (TPSA) is 33.2 Å². The molecule has 0 saturated carbocycles. The van der Waals surface area contributed by atoms with Crippen LogP contribution in [0.15, 0.2) is 12.3 Å². The summed E-state index contributed by atoms with van der Waals surface area (Å²) in [5.74, 6) is 0. The summed E-state index contributed by atoms with van der Waals surface area (Å²) in [6, 6.07) is 0.662. The molecule has 0 bridgehead atoms. The van der Waals surface area contributed by atoms with Crippen molar-refractivity contribution < 1.29 is 22.4 Å². The van der Waals surface area contributed by atoms with Crippen molar-refractivity contribution in [1.29, 1.82) is 0 Å². The molecule has 0 aromatic carbocycles. The molecule has 0 aliphatic carbocycles. The Morgan fingerprint density at radius 3 is 2.52 bits per heavy atom. The van der Waals surface area contributed by atoms with Gasteiger partial charge in [-0.2, -0.15) is 13.2 Å². The largest absolute Gasteiger partial charge is 0.418 e. The fraction of sp³-hybridized carbons (Fsp3) is 0.571. The molecule has 1 aromatic heterocycles. The van der Waals surface area contributed by atoms with Crippen LogP contribution < -0.4 is 0 Å². The molecular formula is C14H16F4N2O. The average molecular weight is 304 g/mol. The Balaban J connectivity index is 2.25. The number of alkyl halides is 4. The molecule has 0 radical (unpaired) electrons. The van der Waals surface area contributed by atoms with Crippen LogP contribution in [-0.2, 0) is 6.18 Å². The summed E-state index contributed by atoms with van der Waals surface area (Å²) in [5.41, 5.74) is -1.26. The zero-order chi connectivity index (χ0) is 15.6. The van der Waals surface area contributed by atoms with Gasteiger partial charge in [0.25, 0.3) is 0 Å². The second-order valence-electron chi connectivity index (χ2n) is 5.20. The Morgan fingerprint density at radius 2 is 2.00 bits per heavy atom. The van der Waals surface area contributed by atoms with Gasteiger partial charge >= 0.3 is 6.18 Å². The molecule has 1 aromatic rings. The first-order chi connectivity index (χ1) is 9.82. The number of hydrogen-bond acceptors (Lipinski definition) is 3. The predicted octanol–water partition coefficient (Wildman–Crippen LogP) is 3.41. The van der Waals surface area contributed by atoms with E-state index < -0.39 is 23.6 Å². The smallest absolute Gasteiger partial charge is 0.296 e. The minimum atomic E-state index is -4.62. The Morgan fingerprint density at radius 1 is 1.38 bits per heavy atom. The van der Waals surface area contributed by atoms with E-state index in [-0.39, 0.29) is 12.3 Å². The lowest BCUT2D eigenvalue weighted by atomic mass is 10.0. The third-order valence-electron chi connectivity index (χ3n) is 3.85. The molecule has 0 N–H and O–H groups in total. The van der Waals surface area contributed by atoms with Crippen molar-refractivity contribution in [1.82, 2.24) is 9.88 Å². The highest BCUT2D eigenvalue weighted by Gasteiger charge is 2.35. The van der Waals surface area contributed by atoms with Gasteiger partial charge in [0.1, 0.15) is 11.9 Å². The molecule has 1 saturated heterocycles. The van der Waals surface area contributed by atoms with E-state index in [1.54, 1.807) is 6.92 Å². The van der Waals surface area contributed by atoms with Crippen LogP contribution in [-0.4, -0.2) is 35.4 Å². The molecule has 3 nitrogen and oxygen atoms in total. The SMILES string of the molecule is CC(c1cnc(C=O)c(C(F)(F)F)c1)N1CCC(F)CC1. The molecule has 0 amide bonds. The van der Waals surface area contributed by atoms with Gasteiger partial charge in [-0.15, -0.1) is 0 Å². The van der Waals surface area contributed by atoms with Crippen molar-refractivity contribution in [3.05, 3.63) is 29.1 Å². The van der Waals surface area contributed by atoms with Gasteiger partial charge in [-0.1, -0.05) is 0 Å². The number of aromatic nitrogens is 1. The fourth-order valence-corrected chi connectivity index (χ4v) is 2.51. The van der Waals surface area contributed by atoms with E-state index >= 15 is 0 Å². The Bertz CT molecular complexity index is 510. The number of pyridine rings is 1. The highest BCUT2D eigenvalue weighted by Crippen LogP contribution is 2.33. The van der Waals surface area contributed by atoms with E-state index in [4.69, 9.17) is 0 Å². The van der Waals surface area contributed by atoms with Gasteiger partial charge in [0.2, 0.25) is 0 Å². The Hall–Kier alpha value is -1.50. The van der Waals surface area contributed by atoms with Gasteiger partial charge in [0.15, 0.2) is 6.29 Å². The van der Waals surface area contributed by atoms with Crippen LogP contribution in [0.1, 0.15) is 47.4 Å². The van der Waals surface area contributed by atoms with Crippen molar-refractivity contribution in [2.45, 2.75) is 38.2 Å². The number of rotatable bonds is 3. The summed E-state index contributed by atoms with van der Waals surface area (Å²) in [4.78, 5) is 16.2. The lowest BCUT2D eigenvalue weighted by Crippen LogP contribution is -2.36. The van der Waals surface area contributed by atoms with E-state index in [0.717, 1.165) is 6.07 Å². The molecule has 2 rings (SSSR count). The molecule has 1 aliphatic heterocycles. The molecule has 116 valence electrons. The van der Waals surface area contributed by atoms with Gasteiger partial charge in [0, 0.05) is 25.3 Å². The fourth-order valence-electron chi connectivity index (χ4n) is 2.51. The van der Waals surface area contributed by atoms with Crippen LogP contribution in [0.3, 0.4) is 0 Å². The second-order valence-corrected chi connectivity index (χ2v) is 5.20. The summed E-state index contributed by atoms with van der Waals surface area (Å²) < 4.78 is 51.8. The van der Waals surface area contributed by atoms with Crippen molar-refractivity contribution in [2.75, 3.05) is 13.1 Å². The van der Waals surface area contributed by atoms with Gasteiger partial charge < -0.3 is 0 Å². The van der Waals surface area contributed by atoms with Crippen molar-refractivity contribution in [3.63, 3.8) is 0 Å². The maximum atomic E-state index is 13.1. The number of likely N-dealkylation sites (tertiary alicyclic amines) is 1. The summed E-state index contributed by atoms with van der Waals surface area (Å²) in [5, 5.41) is 0. The summed E-state index contributed by atoms with van der Waals surface area (Å²) in [6.07, 6.45) is -3.30. The minimum Gasteiger partial charge on any atom is -0.296 e. The van der Waals surface area contributed by atoms with E-state index in [2.05, 4.69) is 4.98 Å². The van der Waals surface area contributed by atoms with E-state index in [9.17, 15) is 22.4 Å². The summed E-state index contributed by atoms with van der Waals surface area (Å²) in [7, 11) is 0. The van der Waals surface area contributed by atoms with E-state index in [1.165, 1.54) is 6.20 Å². The number of carbonyl (C=O) groups excluding carboxylic acids is 1. The predicted molar refractivity (Wildman–Crippen MR) is 68.7 cm³/mol. The first kappa shape index (κ1) is 15.9. The van der Waals surface area contributed by atoms with Crippen LogP contribution in [0, 0.1) is 0 Å². The van der Waals surface area contributed by atoms with Gasteiger partial charge in [0.05, 0.1) is 5.56 Å². The molecule has 1 aliphatic rings. The maximum absolute atomic E-state index is 13.1. The number of nitrogens with zero attached hydrogens (tertiary/aromatic N) is 2. The number of halogens is 4. The average Bonchev–Trinajstić information content (AvgIpc) is 2.45. The number of aldehydes is 1. The van der Waals surface area contributed by atoms with Crippen LogP contribution in [0.25, 0.3) is 0 Å². The molecule has 1 fully saturated rings. The van der Waals surface area contributed by atoms with Crippen LogP contribution in [0.4, 0.5) is 17.6 Å². The molecule has 2 heterocycles. The minimum absolute atomic E-state index is 0.103. The third kappa shape index (κ3) is 3.58. The van der Waals surface area contributed by atoms with E-state index in [1.807, 2.05) is 4.90 Å². The highest BCUT2D eigenvalue weighted by atomic mass is 19.4. The molecule has 1 unspecified atom stereocenters. The Labute approximate surface area is 120 Å². The van der Waals surface area contributed by atoms with Gasteiger partial charge in [-0.25, -0.2) is 4.39 Å². The van der Waals surface area contributed by atoms with Crippen molar-refractivity contribution >= 4 is 6.29 Å². The third-order valence-corrected chi connectivity index (χ3v) is 3.85. The quantitative estimate of drug-likeness (QED) is 0.634. The van der Waals surface area contributed by atoms with Crippen molar-refractivity contribution in [3.8, 4) is 0 Å². The molecule has 1 atom stereocenters. The first-order valence-corrected chi connectivity index (χ1v) is 6.73. The standard InChI is InChI=1S/C14H16F4N2O/c1-9(20-4-2-11(15)3-5-20)10-6-12(14(16,17)18)13(8-21)19-7-10/h6-9,11H,2-5H2,1H3. The first-order valence-electron chi connectivity index (χ1n) is 6.73. The maximum Gasteiger partial charge on any atom is 0.418 e. The van der Waals surface area contributed by atoms with Crippen molar-refractivity contribution in [2.24, 2.45) is 0 Å². The lowest BCUT2D eigenvalue weighted by molar-refractivity contribution is -0.138. The zero-order valence-corrected chi connectivity index (χ0v) is 11.5. The second kappa shape index (κ2) is 6.09. The summed E-state index contributed by atoms with van der Waals surface area (Å²) in [6.45, 7) is 2.76.